The summed E-state index contributed by atoms with van der Waals surface area (Å²) < 4.78 is 0. The van der Waals surface area contributed by atoms with Crippen molar-refractivity contribution in [3.63, 3.8) is 0 Å². The van der Waals surface area contributed by atoms with Gasteiger partial charge < -0.3 is 15.3 Å². The van der Waals surface area contributed by atoms with Gasteiger partial charge in [-0.1, -0.05) is 0 Å². The van der Waals surface area contributed by atoms with E-state index in [2.05, 4.69) is 29.0 Å². The van der Waals surface area contributed by atoms with Gasteiger partial charge in [-0.25, -0.2) is 0 Å². The summed E-state index contributed by atoms with van der Waals surface area (Å²) in [4.78, 5) is 15.9. The van der Waals surface area contributed by atoms with Gasteiger partial charge in [0.1, 0.15) is 0 Å². The lowest BCUT2D eigenvalue weighted by Crippen LogP contribution is -2.57. The van der Waals surface area contributed by atoms with E-state index >= 15 is 0 Å². The van der Waals surface area contributed by atoms with E-state index in [-0.39, 0.29) is 6.54 Å². The van der Waals surface area contributed by atoms with Crippen LogP contribution in [0.4, 0.5) is 0 Å². The second-order valence-corrected chi connectivity index (χ2v) is 8.16. The number of carbonyl (C=O) groups is 1. The summed E-state index contributed by atoms with van der Waals surface area (Å²) in [6.07, 6.45) is 7.34. The summed E-state index contributed by atoms with van der Waals surface area (Å²) in [5, 5.41) is 12.9. The van der Waals surface area contributed by atoms with Gasteiger partial charge >= 0.3 is 5.97 Å². The maximum atomic E-state index is 11.1. The minimum absolute atomic E-state index is 0.223. The van der Waals surface area contributed by atoms with Crippen LogP contribution in [0.5, 0.6) is 0 Å². The number of likely N-dealkylation sites (tertiary alicyclic amines) is 1. The highest BCUT2D eigenvalue weighted by Crippen LogP contribution is 2.34. The van der Waals surface area contributed by atoms with Crippen molar-refractivity contribution in [1.29, 1.82) is 0 Å². The van der Waals surface area contributed by atoms with Crippen molar-refractivity contribution in [2.45, 2.75) is 76.5 Å². The Kier molecular flexibility index (Phi) is 5.60. The SMILES string of the molecule is CC(C)N1CCC(NC2CC(N(CC(=O)O)CC3CC3)C2)CC1. The van der Waals surface area contributed by atoms with Crippen LogP contribution in [0.25, 0.3) is 0 Å². The van der Waals surface area contributed by atoms with Crippen molar-refractivity contribution in [2.24, 2.45) is 5.92 Å². The molecule has 0 aromatic heterocycles. The molecular weight excluding hydrogens is 290 g/mol. The van der Waals surface area contributed by atoms with Crippen LogP contribution in [0, 0.1) is 5.92 Å². The Morgan fingerprint density at radius 2 is 1.83 bits per heavy atom. The monoisotopic (exact) mass is 323 g/mol. The predicted octanol–water partition coefficient (Wildman–Crippen LogP) is 1.78. The molecule has 2 saturated carbocycles. The van der Waals surface area contributed by atoms with E-state index in [0.717, 1.165) is 25.3 Å². The standard InChI is InChI=1S/C18H33N3O2/c1-13(2)20-7-5-15(6-8-20)19-16-9-17(10-16)21(12-18(22)23)11-14-3-4-14/h13-17,19H,3-12H2,1-2H3,(H,22,23). The normalized spacial score (nSPS) is 29.9. The minimum Gasteiger partial charge on any atom is -0.480 e. The van der Waals surface area contributed by atoms with E-state index in [1.165, 1.54) is 38.8 Å². The molecule has 5 heteroatoms. The molecule has 0 aromatic carbocycles. The van der Waals surface area contributed by atoms with Crippen LogP contribution in [0.3, 0.4) is 0 Å². The average Bonchev–Trinajstić information content (AvgIpc) is 3.25. The Bertz CT molecular complexity index is 397. The molecule has 2 aliphatic carbocycles. The third-order valence-electron chi connectivity index (χ3n) is 5.89. The number of hydrogen-bond donors (Lipinski definition) is 2. The lowest BCUT2D eigenvalue weighted by Gasteiger charge is -2.45. The quantitative estimate of drug-likeness (QED) is 0.713. The van der Waals surface area contributed by atoms with E-state index in [1.807, 2.05) is 0 Å². The summed E-state index contributed by atoms with van der Waals surface area (Å²) >= 11 is 0. The zero-order valence-corrected chi connectivity index (χ0v) is 14.7. The number of nitrogens with zero attached hydrogens (tertiary/aromatic N) is 2. The van der Waals surface area contributed by atoms with Crippen molar-refractivity contribution >= 4 is 5.97 Å². The predicted molar refractivity (Wildman–Crippen MR) is 91.6 cm³/mol. The second-order valence-electron chi connectivity index (χ2n) is 8.16. The second kappa shape index (κ2) is 7.49. The Hall–Kier alpha value is -0.650. The molecule has 0 unspecified atom stereocenters. The fraction of sp³-hybridized carbons (Fsp3) is 0.944. The first-order valence-electron chi connectivity index (χ1n) is 9.47. The van der Waals surface area contributed by atoms with Gasteiger partial charge in [-0.05, 0) is 71.4 Å². The molecule has 0 radical (unpaired) electrons. The molecule has 0 atom stereocenters. The first-order valence-corrected chi connectivity index (χ1v) is 9.47. The third-order valence-corrected chi connectivity index (χ3v) is 5.89. The number of hydrogen-bond acceptors (Lipinski definition) is 4. The highest BCUT2D eigenvalue weighted by atomic mass is 16.4. The van der Waals surface area contributed by atoms with E-state index in [9.17, 15) is 4.79 Å². The van der Waals surface area contributed by atoms with E-state index in [4.69, 9.17) is 5.11 Å². The van der Waals surface area contributed by atoms with Crippen LogP contribution in [0.1, 0.15) is 52.4 Å². The fourth-order valence-corrected chi connectivity index (χ4v) is 4.09. The third kappa shape index (κ3) is 4.91. The molecule has 0 amide bonds. The molecule has 0 spiro atoms. The molecule has 132 valence electrons. The maximum Gasteiger partial charge on any atom is 0.317 e. The van der Waals surface area contributed by atoms with Crippen LogP contribution < -0.4 is 5.32 Å². The number of nitrogens with one attached hydrogen (secondary N) is 1. The fourth-order valence-electron chi connectivity index (χ4n) is 4.09. The highest BCUT2D eigenvalue weighted by Gasteiger charge is 2.38. The van der Waals surface area contributed by atoms with E-state index < -0.39 is 5.97 Å². The number of aliphatic carboxylic acids is 1. The van der Waals surface area contributed by atoms with Gasteiger partial charge in [0.2, 0.25) is 0 Å². The number of rotatable bonds is 8. The van der Waals surface area contributed by atoms with Crippen molar-refractivity contribution in [3.8, 4) is 0 Å². The molecule has 2 N–H and O–H groups in total. The van der Waals surface area contributed by atoms with E-state index in [0.29, 0.717) is 24.2 Å². The van der Waals surface area contributed by atoms with Crippen LogP contribution in [0.15, 0.2) is 0 Å². The smallest absolute Gasteiger partial charge is 0.317 e. The summed E-state index contributed by atoms with van der Waals surface area (Å²) in [6.45, 7) is 8.19. The largest absolute Gasteiger partial charge is 0.480 e. The van der Waals surface area contributed by atoms with Crippen molar-refractivity contribution in [1.82, 2.24) is 15.1 Å². The zero-order valence-electron chi connectivity index (χ0n) is 14.7. The summed E-state index contributed by atoms with van der Waals surface area (Å²) in [6, 6.07) is 2.41. The van der Waals surface area contributed by atoms with Gasteiger partial charge in [-0.2, -0.15) is 0 Å². The molecule has 1 heterocycles. The van der Waals surface area contributed by atoms with Crippen LogP contribution in [0.2, 0.25) is 0 Å². The molecule has 23 heavy (non-hydrogen) atoms. The molecular formula is C18H33N3O2. The first-order chi connectivity index (χ1) is 11.0. The maximum absolute atomic E-state index is 11.1. The molecule has 3 aliphatic rings. The molecule has 1 saturated heterocycles. The van der Waals surface area contributed by atoms with Crippen molar-refractivity contribution in [3.05, 3.63) is 0 Å². The Morgan fingerprint density at radius 1 is 1.17 bits per heavy atom. The molecule has 1 aliphatic heterocycles. The average molecular weight is 323 g/mol. The Morgan fingerprint density at radius 3 is 2.35 bits per heavy atom. The first kappa shape index (κ1) is 17.2. The van der Waals surface area contributed by atoms with Crippen molar-refractivity contribution < 1.29 is 9.90 Å². The van der Waals surface area contributed by atoms with Crippen LogP contribution >= 0.6 is 0 Å². The topological polar surface area (TPSA) is 55.8 Å². The zero-order chi connectivity index (χ0) is 16.4. The lowest BCUT2D eigenvalue weighted by atomic mass is 9.84. The lowest BCUT2D eigenvalue weighted by molar-refractivity contribution is -0.139. The molecule has 0 aromatic rings. The van der Waals surface area contributed by atoms with Gasteiger partial charge in [0.25, 0.3) is 0 Å². The van der Waals surface area contributed by atoms with Gasteiger partial charge in [0.05, 0.1) is 6.54 Å². The summed E-state index contributed by atoms with van der Waals surface area (Å²) in [5.41, 5.74) is 0. The Labute approximate surface area is 140 Å². The van der Waals surface area contributed by atoms with Gasteiger partial charge in [0, 0.05) is 30.7 Å². The van der Waals surface area contributed by atoms with Gasteiger partial charge in [0.15, 0.2) is 0 Å². The molecule has 3 rings (SSSR count). The van der Waals surface area contributed by atoms with Crippen LogP contribution in [-0.4, -0.2) is 71.2 Å². The number of carboxylic acids is 1. The van der Waals surface area contributed by atoms with Crippen molar-refractivity contribution in [2.75, 3.05) is 26.2 Å². The molecule has 5 nitrogen and oxygen atoms in total. The summed E-state index contributed by atoms with van der Waals surface area (Å²) in [5.74, 6) is 0.0878. The van der Waals surface area contributed by atoms with Gasteiger partial charge in [-0.3, -0.25) is 9.69 Å². The molecule has 3 fully saturated rings. The minimum atomic E-state index is -0.678. The number of carboxylic acid groups (broad SMARTS) is 1. The number of piperidine rings is 1. The van der Waals surface area contributed by atoms with Gasteiger partial charge in [-0.15, -0.1) is 0 Å². The van der Waals surface area contributed by atoms with E-state index in [1.54, 1.807) is 0 Å². The summed E-state index contributed by atoms with van der Waals surface area (Å²) in [7, 11) is 0. The Balaban J connectivity index is 1.37. The highest BCUT2D eigenvalue weighted by molar-refractivity contribution is 5.69. The molecule has 0 bridgehead atoms. The van der Waals surface area contributed by atoms with Crippen LogP contribution in [-0.2, 0) is 4.79 Å².